The van der Waals surface area contributed by atoms with Crippen LogP contribution in [0.2, 0.25) is 18.1 Å². The number of aliphatic hydroxyl groups is 2. The van der Waals surface area contributed by atoms with Crippen LogP contribution in [0.4, 0.5) is 0 Å². The summed E-state index contributed by atoms with van der Waals surface area (Å²) in [5.74, 6) is -0.463. The Hall–Kier alpha value is -1.01. The molecule has 10 heteroatoms. The van der Waals surface area contributed by atoms with Crippen LogP contribution in [0.1, 0.15) is 48.8 Å². The number of nitrogens with one attached hydrogen (secondary N) is 1. The Kier molecular flexibility index (Phi) is 9.07. The second-order valence-corrected chi connectivity index (χ2v) is 13.9. The molecular formula is C18H34N2O6SSi. The van der Waals surface area contributed by atoms with Gasteiger partial charge < -0.3 is 35.5 Å². The summed E-state index contributed by atoms with van der Waals surface area (Å²) < 4.78 is 11.1. The number of aromatic carboxylic acids is 1. The fraction of sp³-hybridized carbons (Fsp3) is 0.722. The van der Waals surface area contributed by atoms with E-state index in [0.717, 1.165) is 11.3 Å². The molecule has 1 aromatic rings. The summed E-state index contributed by atoms with van der Waals surface area (Å²) in [6, 6.07) is -0.535. The molecule has 0 bridgehead atoms. The van der Waals surface area contributed by atoms with Crippen LogP contribution < -0.4 is 15.5 Å². The largest absolute Gasteiger partial charge is 0.543 e. The van der Waals surface area contributed by atoms with E-state index >= 15 is 0 Å². The van der Waals surface area contributed by atoms with Gasteiger partial charge in [0.1, 0.15) is 16.9 Å². The summed E-state index contributed by atoms with van der Waals surface area (Å²) in [7, 11) is -0.759. The minimum absolute atomic E-state index is 0.0324. The van der Waals surface area contributed by atoms with Gasteiger partial charge in [0.15, 0.2) is 6.29 Å². The number of carboxylic acids is 1. The molecule has 0 aliphatic rings. The normalized spacial score (nSPS) is 15.9. The van der Waals surface area contributed by atoms with Gasteiger partial charge in [-0.05, 0) is 31.0 Å². The number of hydrogen-bond donors (Lipinski definition) is 5. The van der Waals surface area contributed by atoms with E-state index in [4.69, 9.17) is 14.9 Å². The zero-order valence-corrected chi connectivity index (χ0v) is 19.3. The summed E-state index contributed by atoms with van der Waals surface area (Å²) in [5, 5.41) is 33.7. The van der Waals surface area contributed by atoms with Crippen molar-refractivity contribution in [3.8, 4) is 5.75 Å². The first-order valence-electron chi connectivity index (χ1n) is 9.20. The van der Waals surface area contributed by atoms with Crippen molar-refractivity contribution in [3.05, 3.63) is 15.8 Å². The lowest BCUT2D eigenvalue weighted by atomic mass is 10.1. The zero-order valence-electron chi connectivity index (χ0n) is 17.5. The van der Waals surface area contributed by atoms with Crippen molar-refractivity contribution in [1.29, 1.82) is 0 Å². The molecule has 162 valence electrons. The molecule has 6 N–H and O–H groups in total. The highest BCUT2D eigenvalue weighted by Crippen LogP contribution is 2.40. The Morgan fingerprint density at radius 3 is 2.39 bits per heavy atom. The molecule has 8 nitrogen and oxygen atoms in total. The van der Waals surface area contributed by atoms with Crippen molar-refractivity contribution in [1.82, 2.24) is 5.32 Å². The minimum Gasteiger partial charge on any atom is -0.543 e. The fourth-order valence-corrected chi connectivity index (χ4v) is 4.25. The van der Waals surface area contributed by atoms with Gasteiger partial charge in [-0.1, -0.05) is 20.8 Å². The molecule has 0 spiro atoms. The Morgan fingerprint density at radius 1 is 1.32 bits per heavy atom. The van der Waals surface area contributed by atoms with Gasteiger partial charge in [-0.15, -0.1) is 11.3 Å². The third-order valence-electron chi connectivity index (χ3n) is 5.17. The number of carboxylic acid groups (broad SMARTS) is 1. The summed E-state index contributed by atoms with van der Waals surface area (Å²) in [5.41, 5.74) is 6.17. The number of nitrogens with two attached hydrogens (primary N) is 1. The number of ether oxygens (including phenoxy) is 1. The predicted octanol–water partition coefficient (Wildman–Crippen LogP) is 2.31. The fourth-order valence-electron chi connectivity index (χ4n) is 2.29. The topological polar surface area (TPSA) is 134 Å². The predicted molar refractivity (Wildman–Crippen MR) is 112 cm³/mol. The summed E-state index contributed by atoms with van der Waals surface area (Å²) in [6.45, 7) is 10.7. The van der Waals surface area contributed by atoms with Gasteiger partial charge in [0.25, 0.3) is 8.32 Å². The van der Waals surface area contributed by atoms with Gasteiger partial charge in [0, 0.05) is 30.6 Å². The number of rotatable bonds is 11. The van der Waals surface area contributed by atoms with Gasteiger partial charge in [-0.25, -0.2) is 4.79 Å². The average Bonchev–Trinajstić information content (AvgIpc) is 2.95. The van der Waals surface area contributed by atoms with Gasteiger partial charge >= 0.3 is 5.97 Å². The van der Waals surface area contributed by atoms with Gasteiger partial charge in [0.2, 0.25) is 0 Å². The molecule has 0 saturated carbocycles. The highest BCUT2D eigenvalue weighted by atomic mass is 32.1. The van der Waals surface area contributed by atoms with Crippen LogP contribution in [-0.2, 0) is 11.3 Å². The van der Waals surface area contributed by atoms with Crippen LogP contribution >= 0.6 is 11.3 Å². The van der Waals surface area contributed by atoms with Gasteiger partial charge in [0.05, 0.1) is 0 Å². The number of aliphatic hydroxyl groups excluding tert-OH is 2. The maximum Gasteiger partial charge on any atom is 0.346 e. The Balaban J connectivity index is 3.01. The smallest absolute Gasteiger partial charge is 0.346 e. The third-order valence-corrected chi connectivity index (χ3v) is 10.5. The van der Waals surface area contributed by atoms with Crippen molar-refractivity contribution in [3.63, 3.8) is 0 Å². The SMILES string of the molecule is CO[C@H](O)CC[C@H](NCc1c(O[Si](C)(C)C(C)(C)C)csc1C(=O)O)[C@@H](N)O. The van der Waals surface area contributed by atoms with Gasteiger partial charge in [-0.2, -0.15) is 0 Å². The molecule has 3 atom stereocenters. The molecule has 0 aliphatic carbocycles. The van der Waals surface area contributed by atoms with Crippen LogP contribution in [0, 0.1) is 0 Å². The van der Waals surface area contributed by atoms with E-state index in [2.05, 4.69) is 39.2 Å². The van der Waals surface area contributed by atoms with Crippen molar-refractivity contribution in [2.75, 3.05) is 7.11 Å². The molecule has 1 aromatic heterocycles. The lowest BCUT2D eigenvalue weighted by Gasteiger charge is -2.36. The third kappa shape index (κ3) is 6.80. The van der Waals surface area contributed by atoms with E-state index in [1.807, 2.05) is 0 Å². The van der Waals surface area contributed by atoms with Crippen LogP contribution in [0.15, 0.2) is 5.38 Å². The minimum atomic E-state index is -2.15. The zero-order chi connectivity index (χ0) is 21.7. The van der Waals surface area contributed by atoms with Gasteiger partial charge in [-0.3, -0.25) is 0 Å². The number of methoxy groups -OCH3 is 1. The van der Waals surface area contributed by atoms with E-state index in [1.54, 1.807) is 5.38 Å². The monoisotopic (exact) mass is 434 g/mol. The van der Waals surface area contributed by atoms with E-state index in [1.165, 1.54) is 7.11 Å². The second-order valence-electron chi connectivity index (χ2n) is 8.32. The molecule has 0 aromatic carbocycles. The molecule has 1 heterocycles. The van der Waals surface area contributed by atoms with Crippen LogP contribution in [0.3, 0.4) is 0 Å². The Morgan fingerprint density at radius 2 is 1.93 bits per heavy atom. The maximum atomic E-state index is 11.6. The van der Waals surface area contributed by atoms with Crippen molar-refractivity contribution in [2.24, 2.45) is 5.73 Å². The standard InChI is InChI=1S/C18H34N2O6SSi/c1-18(2,3)28(5,6)26-13-10-27-15(17(23)24)11(13)9-20-12(16(19)22)7-8-14(21)25-4/h10,12,14,16,20-22H,7-9,19H2,1-6H3,(H,23,24)/t12-,14-,16-/m0/s1. The molecule has 0 aliphatic heterocycles. The molecule has 1 rings (SSSR count). The van der Waals surface area contributed by atoms with Crippen molar-refractivity contribution < 1.29 is 29.3 Å². The van der Waals surface area contributed by atoms with E-state index < -0.39 is 32.8 Å². The summed E-state index contributed by atoms with van der Waals surface area (Å²) in [6.07, 6.45) is -1.47. The van der Waals surface area contributed by atoms with Crippen molar-refractivity contribution in [2.45, 2.75) is 76.8 Å². The first-order chi connectivity index (χ1) is 12.8. The lowest BCUT2D eigenvalue weighted by molar-refractivity contribution is -0.0819. The van der Waals surface area contributed by atoms with Crippen LogP contribution in [0.5, 0.6) is 5.75 Å². The van der Waals surface area contributed by atoms with E-state index in [-0.39, 0.29) is 22.9 Å². The molecule has 28 heavy (non-hydrogen) atoms. The Labute approximate surface area is 171 Å². The molecule has 0 amide bonds. The molecule has 0 unspecified atom stereocenters. The van der Waals surface area contributed by atoms with Crippen molar-refractivity contribution >= 4 is 25.6 Å². The molecule has 0 saturated heterocycles. The number of thiophene rings is 1. The molecule has 0 radical (unpaired) electrons. The summed E-state index contributed by atoms with van der Waals surface area (Å²) >= 11 is 1.12. The molecular weight excluding hydrogens is 400 g/mol. The highest BCUT2D eigenvalue weighted by molar-refractivity contribution is 7.12. The maximum absolute atomic E-state index is 11.6. The summed E-state index contributed by atoms with van der Waals surface area (Å²) in [4.78, 5) is 11.8. The number of carbonyl (C=O) groups is 1. The average molecular weight is 435 g/mol. The number of hydrogen-bond acceptors (Lipinski definition) is 8. The van der Waals surface area contributed by atoms with E-state index in [0.29, 0.717) is 17.7 Å². The first-order valence-corrected chi connectivity index (χ1v) is 13.0. The molecule has 0 fully saturated rings. The quantitative estimate of drug-likeness (QED) is 0.265. The lowest BCUT2D eigenvalue weighted by Crippen LogP contribution is -2.46. The van der Waals surface area contributed by atoms with E-state index in [9.17, 15) is 20.1 Å². The first kappa shape index (κ1) is 25.0. The van der Waals surface area contributed by atoms with Crippen LogP contribution in [0.25, 0.3) is 0 Å². The van der Waals surface area contributed by atoms with Crippen LogP contribution in [-0.4, -0.2) is 55.3 Å². The second kappa shape index (κ2) is 10.1. The Bertz CT molecular complexity index is 645. The highest BCUT2D eigenvalue weighted by Gasteiger charge is 2.40.